The number of rotatable bonds is 4. The van der Waals surface area contributed by atoms with Crippen LogP contribution in [0.15, 0.2) is 106 Å². The van der Waals surface area contributed by atoms with E-state index in [2.05, 4.69) is 36.4 Å². The minimum Gasteiger partial charge on any atom is -0.473 e. The van der Waals surface area contributed by atoms with Crippen molar-refractivity contribution in [2.45, 2.75) is 12.5 Å². The van der Waals surface area contributed by atoms with Gasteiger partial charge < -0.3 is 13.9 Å². The number of esters is 1. The maximum Gasteiger partial charge on any atom is 0.351 e. The molecule has 176 valence electrons. The number of hydrogen-bond donors (Lipinski definition) is 0. The zero-order chi connectivity index (χ0) is 24.7. The van der Waals surface area contributed by atoms with Crippen LogP contribution in [0.2, 0.25) is 0 Å². The molecule has 0 unspecified atom stereocenters. The summed E-state index contributed by atoms with van der Waals surface area (Å²) < 4.78 is 17.4. The molecule has 1 aliphatic heterocycles. The second kappa shape index (κ2) is 8.54. The van der Waals surface area contributed by atoms with Gasteiger partial charge in [0, 0.05) is 27.5 Å². The largest absolute Gasteiger partial charge is 0.473 e. The summed E-state index contributed by atoms with van der Waals surface area (Å²) in [5.74, 6) is -0.0111. The average Bonchev–Trinajstić information content (AvgIpc) is 2.93. The molecule has 4 aromatic carbocycles. The smallest absolute Gasteiger partial charge is 0.351 e. The van der Waals surface area contributed by atoms with E-state index >= 15 is 0 Å². The van der Waals surface area contributed by atoms with Gasteiger partial charge in [-0.25, -0.2) is 9.59 Å². The molecular formula is C31H22O5. The van der Waals surface area contributed by atoms with Crippen LogP contribution in [-0.4, -0.2) is 12.6 Å². The Labute approximate surface area is 207 Å². The summed E-state index contributed by atoms with van der Waals surface area (Å²) in [4.78, 5) is 24.9. The first-order chi connectivity index (χ1) is 17.6. The molecule has 2 heterocycles. The molecule has 36 heavy (non-hydrogen) atoms. The van der Waals surface area contributed by atoms with Crippen molar-refractivity contribution < 1.29 is 18.7 Å². The van der Waals surface area contributed by atoms with Crippen LogP contribution in [-0.2, 0) is 10.3 Å². The Balaban J connectivity index is 1.60. The number of ether oxygens (including phenoxy) is 2. The van der Waals surface area contributed by atoms with E-state index in [0.717, 1.165) is 27.5 Å². The topological polar surface area (TPSA) is 65.7 Å². The fourth-order valence-corrected chi connectivity index (χ4v) is 4.89. The van der Waals surface area contributed by atoms with Crippen molar-refractivity contribution in [2.75, 3.05) is 6.61 Å². The zero-order valence-electron chi connectivity index (χ0n) is 19.6. The van der Waals surface area contributed by atoms with Gasteiger partial charge in [0.15, 0.2) is 5.60 Å². The van der Waals surface area contributed by atoms with Gasteiger partial charge in [0.2, 0.25) is 0 Å². The molecule has 5 heteroatoms. The van der Waals surface area contributed by atoms with Crippen molar-refractivity contribution in [2.24, 2.45) is 0 Å². The van der Waals surface area contributed by atoms with E-state index in [4.69, 9.17) is 13.9 Å². The molecule has 1 aliphatic rings. The van der Waals surface area contributed by atoms with Crippen molar-refractivity contribution in [3.63, 3.8) is 0 Å². The average molecular weight is 475 g/mol. The second-order valence-corrected chi connectivity index (χ2v) is 8.62. The maximum absolute atomic E-state index is 12.5. The molecule has 0 saturated carbocycles. The second-order valence-electron chi connectivity index (χ2n) is 8.62. The van der Waals surface area contributed by atoms with E-state index in [0.29, 0.717) is 16.7 Å². The maximum atomic E-state index is 12.5. The molecule has 0 saturated heterocycles. The highest BCUT2D eigenvalue weighted by atomic mass is 16.5. The Morgan fingerprint density at radius 2 is 1.56 bits per heavy atom. The van der Waals surface area contributed by atoms with Crippen molar-refractivity contribution in [1.29, 1.82) is 0 Å². The van der Waals surface area contributed by atoms with Crippen LogP contribution in [0.1, 0.15) is 34.0 Å². The van der Waals surface area contributed by atoms with Crippen LogP contribution in [0.5, 0.6) is 5.75 Å². The summed E-state index contributed by atoms with van der Waals surface area (Å²) in [5.41, 5.74) is 1.60. The molecule has 0 bridgehead atoms. The van der Waals surface area contributed by atoms with Gasteiger partial charge in [-0.15, -0.1) is 0 Å². The molecule has 0 fully saturated rings. The lowest BCUT2D eigenvalue weighted by atomic mass is 9.83. The highest BCUT2D eigenvalue weighted by Crippen LogP contribution is 2.45. The first-order valence-electron chi connectivity index (χ1n) is 11.8. The molecule has 1 aromatic heterocycles. The van der Waals surface area contributed by atoms with E-state index in [-0.39, 0.29) is 12.2 Å². The summed E-state index contributed by atoms with van der Waals surface area (Å²) in [6.07, 6.45) is 4.11. The standard InChI is InChI=1S/C31H22O5/c1-2-34-29(32)25-19-24-26(35-30(25)33)15-13-20-14-16-27-23(28(20)24)17-18-31(36-27,21-9-5-3-6-10-21)22-11-7-4-8-12-22/h3-19H,2H2,1H3. The van der Waals surface area contributed by atoms with Crippen LogP contribution in [0.3, 0.4) is 0 Å². The number of carbonyl (C=O) groups is 1. The summed E-state index contributed by atoms with van der Waals surface area (Å²) in [7, 11) is 0. The minimum atomic E-state index is -0.809. The first-order valence-corrected chi connectivity index (χ1v) is 11.8. The summed E-state index contributed by atoms with van der Waals surface area (Å²) >= 11 is 0. The fraction of sp³-hybridized carbons (Fsp3) is 0.0968. The lowest BCUT2D eigenvalue weighted by molar-refractivity contribution is 0.0522. The van der Waals surface area contributed by atoms with Gasteiger partial charge in [0.05, 0.1) is 6.61 Å². The zero-order valence-corrected chi connectivity index (χ0v) is 19.6. The number of benzene rings is 4. The summed E-state index contributed by atoms with van der Waals surface area (Å²) in [6.45, 7) is 1.86. The third-order valence-electron chi connectivity index (χ3n) is 6.55. The molecule has 6 rings (SSSR count). The van der Waals surface area contributed by atoms with Crippen LogP contribution < -0.4 is 10.4 Å². The third-order valence-corrected chi connectivity index (χ3v) is 6.55. The lowest BCUT2D eigenvalue weighted by Crippen LogP contribution is -2.34. The van der Waals surface area contributed by atoms with Gasteiger partial charge in [-0.1, -0.05) is 72.8 Å². The summed E-state index contributed by atoms with van der Waals surface area (Å²) in [6, 6.07) is 29.3. The van der Waals surface area contributed by atoms with Crippen LogP contribution in [0.4, 0.5) is 0 Å². The van der Waals surface area contributed by atoms with E-state index in [1.165, 1.54) is 0 Å². The van der Waals surface area contributed by atoms with Crippen molar-refractivity contribution in [3.8, 4) is 5.75 Å². The van der Waals surface area contributed by atoms with Crippen molar-refractivity contribution in [3.05, 3.63) is 130 Å². The molecule has 0 N–H and O–H groups in total. The summed E-state index contributed by atoms with van der Waals surface area (Å²) in [5, 5.41) is 2.42. The van der Waals surface area contributed by atoms with Gasteiger partial charge in [-0.2, -0.15) is 0 Å². The lowest BCUT2D eigenvalue weighted by Gasteiger charge is -2.36. The molecule has 0 radical (unpaired) electrons. The Hall–Kier alpha value is -4.64. The highest BCUT2D eigenvalue weighted by Gasteiger charge is 2.37. The number of hydrogen-bond acceptors (Lipinski definition) is 5. The highest BCUT2D eigenvalue weighted by molar-refractivity contribution is 6.12. The van der Waals surface area contributed by atoms with Gasteiger partial charge in [0.25, 0.3) is 0 Å². The van der Waals surface area contributed by atoms with Crippen molar-refractivity contribution >= 4 is 33.8 Å². The van der Waals surface area contributed by atoms with Gasteiger partial charge in [0.1, 0.15) is 16.9 Å². The van der Waals surface area contributed by atoms with Gasteiger partial charge in [-0.3, -0.25) is 0 Å². The van der Waals surface area contributed by atoms with E-state index in [9.17, 15) is 9.59 Å². The van der Waals surface area contributed by atoms with Crippen molar-refractivity contribution in [1.82, 2.24) is 0 Å². The first kappa shape index (κ1) is 21.9. The predicted molar refractivity (Wildman–Crippen MR) is 139 cm³/mol. The molecule has 5 nitrogen and oxygen atoms in total. The van der Waals surface area contributed by atoms with E-state index in [1.807, 2.05) is 54.6 Å². The van der Waals surface area contributed by atoms with Gasteiger partial charge >= 0.3 is 11.6 Å². The normalized spacial score (nSPS) is 13.8. The Bertz CT molecular complexity index is 1660. The Kier molecular flexibility index (Phi) is 5.19. The molecule has 0 amide bonds. The molecule has 0 atom stereocenters. The van der Waals surface area contributed by atoms with E-state index in [1.54, 1.807) is 19.1 Å². The molecular weight excluding hydrogens is 452 g/mol. The van der Waals surface area contributed by atoms with Crippen LogP contribution >= 0.6 is 0 Å². The van der Waals surface area contributed by atoms with Gasteiger partial charge in [-0.05, 0) is 42.7 Å². The number of carbonyl (C=O) groups excluding carboxylic acids is 1. The third kappa shape index (κ3) is 3.40. The minimum absolute atomic E-state index is 0.127. The number of fused-ring (bicyclic) bond motifs is 5. The van der Waals surface area contributed by atoms with Crippen LogP contribution in [0, 0.1) is 0 Å². The molecule has 0 spiro atoms. The quantitative estimate of drug-likeness (QED) is 0.170. The Morgan fingerprint density at radius 1 is 0.889 bits per heavy atom. The SMILES string of the molecule is CCOC(=O)c1cc2c(ccc3ccc4c(c32)C=CC(c2ccccc2)(c2ccccc2)O4)oc1=O. The predicted octanol–water partition coefficient (Wildman–Crippen LogP) is 6.47. The monoisotopic (exact) mass is 474 g/mol. The molecule has 0 aliphatic carbocycles. The molecule has 5 aromatic rings. The fourth-order valence-electron chi connectivity index (χ4n) is 4.89. The Morgan fingerprint density at radius 3 is 2.22 bits per heavy atom. The van der Waals surface area contributed by atoms with E-state index < -0.39 is 17.2 Å². The van der Waals surface area contributed by atoms with Crippen LogP contribution in [0.25, 0.3) is 27.8 Å².